The molecule has 0 bridgehead atoms. The van der Waals surface area contributed by atoms with Crippen molar-refractivity contribution in [3.05, 3.63) is 36.0 Å². The molecule has 0 fully saturated rings. The van der Waals surface area contributed by atoms with Crippen molar-refractivity contribution in [2.75, 3.05) is 6.54 Å². The van der Waals surface area contributed by atoms with Crippen molar-refractivity contribution in [2.45, 2.75) is 77.7 Å². The Morgan fingerprint density at radius 1 is 0.900 bits per heavy atom. The number of nitrogens with one attached hydrogen (secondary N) is 2. The summed E-state index contributed by atoms with van der Waals surface area (Å²) in [7, 11) is 0. The lowest BCUT2D eigenvalue weighted by Gasteiger charge is -2.10. The quantitative estimate of drug-likeness (QED) is 0.395. The number of aromatic hydroxyl groups is 1. The molecular weight excluding hydrogens is 378 g/mol. The third kappa shape index (κ3) is 8.39. The number of carbonyl (C=O) groups is 2. The molecule has 0 spiro atoms. The summed E-state index contributed by atoms with van der Waals surface area (Å²) in [6.07, 6.45) is 12.9. The fourth-order valence-electron chi connectivity index (χ4n) is 3.43. The van der Waals surface area contributed by atoms with Gasteiger partial charge in [0.05, 0.1) is 6.54 Å². The van der Waals surface area contributed by atoms with Crippen molar-refractivity contribution >= 4 is 22.7 Å². The van der Waals surface area contributed by atoms with E-state index in [9.17, 15) is 14.7 Å². The van der Waals surface area contributed by atoms with E-state index >= 15 is 0 Å². The first kappa shape index (κ1) is 23.6. The SMILES string of the molecule is CCCCCCCCCCCC(=O)NCC(=O)NCc1ccc2cccnc2c1O. The number of aromatic nitrogens is 1. The van der Waals surface area contributed by atoms with Crippen LogP contribution in [0.4, 0.5) is 0 Å². The molecule has 0 atom stereocenters. The van der Waals surface area contributed by atoms with E-state index < -0.39 is 0 Å². The van der Waals surface area contributed by atoms with Crippen molar-refractivity contribution in [1.82, 2.24) is 15.6 Å². The number of fused-ring (bicyclic) bond motifs is 1. The molecule has 3 N–H and O–H groups in total. The Bertz CT molecular complexity index is 807. The van der Waals surface area contributed by atoms with Gasteiger partial charge in [0.2, 0.25) is 11.8 Å². The molecule has 6 nitrogen and oxygen atoms in total. The van der Waals surface area contributed by atoms with Crippen molar-refractivity contribution in [3.63, 3.8) is 0 Å². The minimum atomic E-state index is -0.282. The van der Waals surface area contributed by atoms with E-state index in [0.717, 1.165) is 18.2 Å². The monoisotopic (exact) mass is 413 g/mol. The number of phenols is 1. The van der Waals surface area contributed by atoms with Crippen LogP contribution in [0, 0.1) is 0 Å². The van der Waals surface area contributed by atoms with E-state index in [1.807, 2.05) is 12.1 Å². The Hall–Kier alpha value is -2.63. The number of carbonyl (C=O) groups excluding carboxylic acids is 2. The van der Waals surface area contributed by atoms with Gasteiger partial charge in [-0.25, -0.2) is 0 Å². The predicted octanol–water partition coefficient (Wildman–Crippen LogP) is 4.59. The number of hydrogen-bond acceptors (Lipinski definition) is 4. The summed E-state index contributed by atoms with van der Waals surface area (Å²) in [5.41, 5.74) is 1.11. The van der Waals surface area contributed by atoms with Crippen molar-refractivity contribution < 1.29 is 14.7 Å². The van der Waals surface area contributed by atoms with Crippen molar-refractivity contribution in [3.8, 4) is 5.75 Å². The van der Waals surface area contributed by atoms with Crippen LogP contribution in [0.3, 0.4) is 0 Å². The summed E-state index contributed by atoms with van der Waals surface area (Å²) >= 11 is 0. The summed E-state index contributed by atoms with van der Waals surface area (Å²) in [4.78, 5) is 28.1. The molecule has 164 valence electrons. The van der Waals surface area contributed by atoms with Gasteiger partial charge in [0, 0.05) is 30.1 Å². The average molecular weight is 414 g/mol. The molecule has 0 radical (unpaired) electrons. The predicted molar refractivity (Wildman–Crippen MR) is 120 cm³/mol. The van der Waals surface area contributed by atoms with Crippen LogP contribution in [0.5, 0.6) is 5.75 Å². The molecule has 1 aromatic carbocycles. The zero-order chi connectivity index (χ0) is 21.6. The number of rotatable bonds is 14. The third-order valence-corrected chi connectivity index (χ3v) is 5.26. The van der Waals surface area contributed by atoms with E-state index in [1.165, 1.54) is 44.9 Å². The summed E-state index contributed by atoms with van der Waals surface area (Å²) < 4.78 is 0. The molecule has 0 saturated heterocycles. The Balaban J connectivity index is 1.56. The number of unbranched alkanes of at least 4 members (excludes halogenated alkanes) is 8. The van der Waals surface area contributed by atoms with Gasteiger partial charge in [-0.05, 0) is 12.5 Å². The fraction of sp³-hybridized carbons (Fsp3) is 0.542. The van der Waals surface area contributed by atoms with Crippen LogP contribution in [0.25, 0.3) is 10.9 Å². The van der Waals surface area contributed by atoms with Crippen LogP contribution < -0.4 is 10.6 Å². The lowest BCUT2D eigenvalue weighted by molar-refractivity contribution is -0.126. The standard InChI is InChI=1S/C24H35N3O3/c1-2-3-4-5-6-7-8-9-10-13-21(28)27-18-22(29)26-17-20-15-14-19-12-11-16-25-23(19)24(20)30/h11-12,14-16,30H,2-10,13,17-18H2,1H3,(H,26,29)(H,27,28). The second-order valence-corrected chi connectivity index (χ2v) is 7.78. The molecule has 6 heteroatoms. The molecule has 0 saturated carbocycles. The highest BCUT2D eigenvalue weighted by molar-refractivity contribution is 5.86. The summed E-state index contributed by atoms with van der Waals surface area (Å²) in [5, 5.41) is 16.5. The lowest BCUT2D eigenvalue weighted by atomic mass is 10.1. The van der Waals surface area contributed by atoms with Gasteiger partial charge >= 0.3 is 0 Å². The van der Waals surface area contributed by atoms with Gasteiger partial charge in [-0.15, -0.1) is 0 Å². The third-order valence-electron chi connectivity index (χ3n) is 5.26. The van der Waals surface area contributed by atoms with Crippen LogP contribution >= 0.6 is 0 Å². The van der Waals surface area contributed by atoms with Gasteiger partial charge in [0.15, 0.2) is 0 Å². The molecule has 0 aliphatic rings. The molecule has 2 amide bonds. The molecule has 0 aliphatic heterocycles. The van der Waals surface area contributed by atoms with E-state index in [2.05, 4.69) is 22.5 Å². The van der Waals surface area contributed by atoms with Crippen LogP contribution in [-0.4, -0.2) is 28.4 Å². The normalized spacial score (nSPS) is 10.8. The van der Waals surface area contributed by atoms with E-state index in [1.54, 1.807) is 18.3 Å². The lowest BCUT2D eigenvalue weighted by Crippen LogP contribution is -2.36. The number of phenolic OH excluding ortho intramolecular Hbond substituents is 1. The summed E-state index contributed by atoms with van der Waals surface area (Å²) in [5.74, 6) is -0.301. The van der Waals surface area contributed by atoms with Gasteiger partial charge in [-0.2, -0.15) is 0 Å². The maximum atomic E-state index is 12.0. The maximum Gasteiger partial charge on any atom is 0.239 e. The van der Waals surface area contributed by atoms with E-state index in [0.29, 0.717) is 17.5 Å². The maximum absolute atomic E-state index is 12.0. The van der Waals surface area contributed by atoms with Crippen LogP contribution in [0.15, 0.2) is 30.5 Å². The highest BCUT2D eigenvalue weighted by atomic mass is 16.3. The van der Waals surface area contributed by atoms with Crippen molar-refractivity contribution in [2.24, 2.45) is 0 Å². The Morgan fingerprint density at radius 3 is 2.33 bits per heavy atom. The second kappa shape index (κ2) is 13.6. The van der Waals surface area contributed by atoms with Crippen LogP contribution in [-0.2, 0) is 16.1 Å². The van der Waals surface area contributed by atoms with Gasteiger partial charge in [-0.3, -0.25) is 14.6 Å². The van der Waals surface area contributed by atoms with Gasteiger partial charge < -0.3 is 15.7 Å². The topological polar surface area (TPSA) is 91.3 Å². The highest BCUT2D eigenvalue weighted by Crippen LogP contribution is 2.26. The van der Waals surface area contributed by atoms with Gasteiger partial charge in [0.25, 0.3) is 0 Å². The first-order chi connectivity index (χ1) is 14.6. The Labute approximate surface area is 179 Å². The van der Waals surface area contributed by atoms with Gasteiger partial charge in [-0.1, -0.05) is 76.5 Å². The molecule has 0 unspecified atom stereocenters. The van der Waals surface area contributed by atoms with E-state index in [-0.39, 0.29) is 30.7 Å². The van der Waals surface area contributed by atoms with Crippen LogP contribution in [0.2, 0.25) is 0 Å². The smallest absolute Gasteiger partial charge is 0.239 e. The summed E-state index contributed by atoms with van der Waals surface area (Å²) in [6, 6.07) is 7.30. The Kier molecular flexibility index (Phi) is 10.7. The number of hydrogen-bond donors (Lipinski definition) is 3. The molecule has 30 heavy (non-hydrogen) atoms. The number of amides is 2. The fourth-order valence-corrected chi connectivity index (χ4v) is 3.43. The van der Waals surface area contributed by atoms with Crippen molar-refractivity contribution in [1.29, 1.82) is 0 Å². The van der Waals surface area contributed by atoms with E-state index in [4.69, 9.17) is 0 Å². The highest BCUT2D eigenvalue weighted by Gasteiger charge is 2.10. The molecular formula is C24H35N3O3. The zero-order valence-corrected chi connectivity index (χ0v) is 18.1. The largest absolute Gasteiger partial charge is 0.505 e. The number of nitrogens with zero attached hydrogens (tertiary/aromatic N) is 1. The average Bonchev–Trinajstić information content (AvgIpc) is 2.76. The molecule has 2 aromatic rings. The zero-order valence-electron chi connectivity index (χ0n) is 18.1. The van der Waals surface area contributed by atoms with Gasteiger partial charge in [0.1, 0.15) is 11.3 Å². The molecule has 2 rings (SSSR count). The molecule has 1 aromatic heterocycles. The van der Waals surface area contributed by atoms with Crippen LogP contribution in [0.1, 0.15) is 76.7 Å². The Morgan fingerprint density at radius 2 is 1.60 bits per heavy atom. The number of pyridine rings is 1. The summed E-state index contributed by atoms with van der Waals surface area (Å²) in [6.45, 7) is 2.36. The first-order valence-electron chi connectivity index (χ1n) is 11.2. The molecule has 0 aliphatic carbocycles. The first-order valence-corrected chi connectivity index (χ1v) is 11.2. The minimum absolute atomic E-state index is 0.0527. The number of benzene rings is 1. The second-order valence-electron chi connectivity index (χ2n) is 7.78. The minimum Gasteiger partial charge on any atom is -0.505 e. The molecule has 1 heterocycles.